The van der Waals surface area contributed by atoms with Gasteiger partial charge in [0.1, 0.15) is 18.9 Å². The van der Waals surface area contributed by atoms with Crippen molar-refractivity contribution in [3.8, 4) is 5.75 Å². The van der Waals surface area contributed by atoms with Crippen molar-refractivity contribution in [1.29, 1.82) is 0 Å². The van der Waals surface area contributed by atoms with E-state index in [0.717, 1.165) is 29.5 Å². The minimum atomic E-state index is -0.858. The first-order valence-corrected chi connectivity index (χ1v) is 12.0. The molecule has 0 spiro atoms. The second-order valence-corrected chi connectivity index (χ2v) is 9.09. The average molecular weight is 520 g/mol. The average Bonchev–Trinajstić information content (AvgIpc) is 2.85. The van der Waals surface area contributed by atoms with Gasteiger partial charge in [-0.1, -0.05) is 30.3 Å². The Labute approximate surface area is 217 Å². The second kappa shape index (κ2) is 15.0. The highest BCUT2D eigenvalue weighted by Crippen LogP contribution is 2.17. The summed E-state index contributed by atoms with van der Waals surface area (Å²) in [6.45, 7) is 5.63. The molecule has 11 heteroatoms. The van der Waals surface area contributed by atoms with Crippen LogP contribution in [0.4, 0.5) is 4.79 Å². The van der Waals surface area contributed by atoms with Gasteiger partial charge in [0, 0.05) is 26.5 Å². The zero-order valence-electron chi connectivity index (χ0n) is 22.1. The lowest BCUT2D eigenvalue weighted by Crippen LogP contribution is -2.35. The van der Waals surface area contributed by atoms with Crippen LogP contribution < -0.4 is 20.9 Å². The molecule has 0 aliphatic rings. The maximum atomic E-state index is 13.0. The Morgan fingerprint density at radius 3 is 2.38 bits per heavy atom. The fourth-order valence-corrected chi connectivity index (χ4v) is 3.22. The third-order valence-electron chi connectivity index (χ3n) is 4.96. The number of ether oxygens (including phenoxy) is 5. The standard InChI is InChI=1S/C26H37N3O8/c1-26(2,3)37-25(32)28-29-16-14-20(30)23(35-17-19-11-7-6-8-12-19)22(29)24(31)36-18-27-15-10-9-13-21(33-4)34-5/h6-8,11-12,14,16,21,27H,9-10,13,15,17-18H2,1-5H3,(H,28,32). The number of unbranched alkanes of at least 4 members (excludes halogenated alkanes) is 1. The van der Waals surface area contributed by atoms with Gasteiger partial charge in [-0.15, -0.1) is 0 Å². The molecule has 0 unspecified atom stereocenters. The highest BCUT2D eigenvalue weighted by atomic mass is 16.7. The number of amides is 1. The van der Waals surface area contributed by atoms with Gasteiger partial charge in [-0.05, 0) is 52.1 Å². The number of esters is 1. The van der Waals surface area contributed by atoms with E-state index in [2.05, 4.69) is 10.7 Å². The van der Waals surface area contributed by atoms with Crippen LogP contribution in [0.3, 0.4) is 0 Å². The number of nitrogens with one attached hydrogen (secondary N) is 2. The van der Waals surface area contributed by atoms with E-state index in [1.165, 1.54) is 12.3 Å². The number of hydrogen-bond acceptors (Lipinski definition) is 9. The van der Waals surface area contributed by atoms with Crippen molar-refractivity contribution in [1.82, 2.24) is 9.99 Å². The summed E-state index contributed by atoms with van der Waals surface area (Å²) >= 11 is 0. The maximum Gasteiger partial charge on any atom is 0.426 e. The lowest BCUT2D eigenvalue weighted by atomic mass is 10.2. The van der Waals surface area contributed by atoms with Gasteiger partial charge in [-0.3, -0.25) is 10.1 Å². The van der Waals surface area contributed by atoms with Gasteiger partial charge in [-0.25, -0.2) is 19.7 Å². The molecule has 1 aromatic heterocycles. The number of pyridine rings is 1. The molecule has 0 aliphatic carbocycles. The molecule has 0 saturated heterocycles. The van der Waals surface area contributed by atoms with Crippen molar-refractivity contribution in [2.45, 2.75) is 58.5 Å². The molecule has 2 N–H and O–H groups in total. The molecule has 11 nitrogen and oxygen atoms in total. The van der Waals surface area contributed by atoms with E-state index in [0.29, 0.717) is 6.54 Å². The monoisotopic (exact) mass is 519 g/mol. The number of methoxy groups -OCH3 is 2. The van der Waals surface area contributed by atoms with Crippen molar-refractivity contribution in [2.24, 2.45) is 0 Å². The van der Waals surface area contributed by atoms with Gasteiger partial charge >= 0.3 is 12.1 Å². The summed E-state index contributed by atoms with van der Waals surface area (Å²) in [7, 11) is 3.18. The van der Waals surface area contributed by atoms with E-state index in [1.54, 1.807) is 35.0 Å². The Morgan fingerprint density at radius 1 is 1.03 bits per heavy atom. The van der Waals surface area contributed by atoms with Crippen LogP contribution in [0, 0.1) is 0 Å². The molecule has 1 amide bonds. The third kappa shape index (κ3) is 10.6. The molecule has 2 rings (SSSR count). The summed E-state index contributed by atoms with van der Waals surface area (Å²) in [4.78, 5) is 38.1. The summed E-state index contributed by atoms with van der Waals surface area (Å²) in [5, 5.41) is 3.01. The summed E-state index contributed by atoms with van der Waals surface area (Å²) in [6.07, 6.45) is 2.57. The van der Waals surface area contributed by atoms with Crippen LogP contribution in [-0.2, 0) is 25.6 Å². The van der Waals surface area contributed by atoms with Crippen LogP contribution in [0.25, 0.3) is 0 Å². The van der Waals surface area contributed by atoms with E-state index in [-0.39, 0.29) is 31.1 Å². The summed E-state index contributed by atoms with van der Waals surface area (Å²) in [6, 6.07) is 10.3. The normalized spacial score (nSPS) is 11.3. The Morgan fingerprint density at radius 2 is 1.73 bits per heavy atom. The van der Waals surface area contributed by atoms with E-state index in [1.807, 2.05) is 30.3 Å². The molecule has 2 aromatic rings. The zero-order chi connectivity index (χ0) is 27.3. The largest absolute Gasteiger partial charge is 0.482 e. The summed E-state index contributed by atoms with van der Waals surface area (Å²) in [5.74, 6) is -1.11. The number of aromatic nitrogens is 1. The Hall–Kier alpha value is -3.41. The number of hydrogen-bond donors (Lipinski definition) is 2. The molecule has 0 atom stereocenters. The topological polar surface area (TPSA) is 126 Å². The zero-order valence-corrected chi connectivity index (χ0v) is 22.1. The molecule has 204 valence electrons. The van der Waals surface area contributed by atoms with E-state index < -0.39 is 23.1 Å². The van der Waals surface area contributed by atoms with Crippen molar-refractivity contribution in [2.75, 3.05) is 32.9 Å². The molecular formula is C26H37N3O8. The smallest absolute Gasteiger partial charge is 0.426 e. The van der Waals surface area contributed by atoms with Gasteiger partial charge in [0.2, 0.25) is 5.43 Å². The predicted octanol–water partition coefficient (Wildman–Crippen LogP) is 3.40. The van der Waals surface area contributed by atoms with Gasteiger partial charge in [0.15, 0.2) is 17.7 Å². The fourth-order valence-electron chi connectivity index (χ4n) is 3.22. The lowest BCUT2D eigenvalue weighted by molar-refractivity contribution is -0.107. The third-order valence-corrected chi connectivity index (χ3v) is 4.96. The van der Waals surface area contributed by atoms with Gasteiger partial charge in [0.05, 0.1) is 0 Å². The molecule has 0 saturated carbocycles. The molecular weight excluding hydrogens is 482 g/mol. The van der Waals surface area contributed by atoms with Crippen LogP contribution in [0.15, 0.2) is 47.4 Å². The van der Waals surface area contributed by atoms with E-state index in [4.69, 9.17) is 23.7 Å². The molecule has 1 aromatic carbocycles. The molecule has 1 heterocycles. The Balaban J connectivity index is 2.11. The van der Waals surface area contributed by atoms with Crippen molar-refractivity contribution < 1.29 is 33.3 Å². The van der Waals surface area contributed by atoms with Crippen LogP contribution in [-0.4, -0.2) is 56.1 Å². The van der Waals surface area contributed by atoms with Gasteiger partial charge in [-0.2, -0.15) is 0 Å². The Kier molecular flexibility index (Phi) is 12.1. The lowest BCUT2D eigenvalue weighted by Gasteiger charge is -2.22. The number of nitrogens with zero attached hydrogens (tertiary/aromatic N) is 1. The van der Waals surface area contributed by atoms with Gasteiger partial charge in [0.25, 0.3) is 0 Å². The minimum absolute atomic E-state index is 0.0367. The van der Waals surface area contributed by atoms with Crippen LogP contribution in [0.1, 0.15) is 56.1 Å². The van der Waals surface area contributed by atoms with E-state index >= 15 is 0 Å². The Bertz CT molecular complexity index is 1050. The first kappa shape index (κ1) is 29.8. The number of carbonyl (C=O) groups excluding carboxylic acids is 2. The molecule has 37 heavy (non-hydrogen) atoms. The van der Waals surface area contributed by atoms with Crippen molar-refractivity contribution >= 4 is 12.1 Å². The first-order chi connectivity index (χ1) is 17.6. The first-order valence-electron chi connectivity index (χ1n) is 12.0. The number of benzene rings is 1. The number of rotatable bonds is 14. The predicted molar refractivity (Wildman–Crippen MR) is 137 cm³/mol. The van der Waals surface area contributed by atoms with Crippen molar-refractivity contribution in [3.05, 3.63) is 64.1 Å². The highest BCUT2D eigenvalue weighted by molar-refractivity contribution is 5.91. The fraction of sp³-hybridized carbons (Fsp3) is 0.500. The van der Waals surface area contributed by atoms with Crippen molar-refractivity contribution in [3.63, 3.8) is 0 Å². The molecule has 0 bridgehead atoms. The quantitative estimate of drug-likeness (QED) is 0.219. The van der Waals surface area contributed by atoms with Crippen LogP contribution >= 0.6 is 0 Å². The molecule has 0 aliphatic heterocycles. The van der Waals surface area contributed by atoms with Crippen LogP contribution in [0.2, 0.25) is 0 Å². The summed E-state index contributed by atoms with van der Waals surface area (Å²) < 4.78 is 27.7. The molecule has 0 fully saturated rings. The van der Waals surface area contributed by atoms with Gasteiger partial charge < -0.3 is 23.7 Å². The minimum Gasteiger partial charge on any atom is -0.482 e. The van der Waals surface area contributed by atoms with E-state index in [9.17, 15) is 14.4 Å². The summed E-state index contributed by atoms with van der Waals surface area (Å²) in [5.41, 5.74) is 1.67. The maximum absolute atomic E-state index is 13.0. The number of carbonyl (C=O) groups is 2. The van der Waals surface area contributed by atoms with Crippen LogP contribution in [0.5, 0.6) is 5.75 Å². The molecule has 0 radical (unpaired) electrons. The SMILES string of the molecule is COC(CCCCNCOC(=O)c1c(OCc2ccccc2)c(=O)ccn1NC(=O)OC(C)(C)C)OC. The second-order valence-electron chi connectivity index (χ2n) is 9.09. The highest BCUT2D eigenvalue weighted by Gasteiger charge is 2.24.